The van der Waals surface area contributed by atoms with Gasteiger partial charge in [0.2, 0.25) is 5.91 Å². The SMILES string of the molecule is CN(C)CCC(=O)Nc1cc(N2CCOc3cnc(-c4cc(Cl)ccc4F)cc32)ccn1. The van der Waals surface area contributed by atoms with Crippen LogP contribution in [0.1, 0.15) is 6.42 Å². The van der Waals surface area contributed by atoms with E-state index in [9.17, 15) is 9.18 Å². The zero-order valence-corrected chi connectivity index (χ0v) is 18.6. The quantitative estimate of drug-likeness (QED) is 0.595. The van der Waals surface area contributed by atoms with Gasteiger partial charge in [-0.2, -0.15) is 0 Å². The maximum atomic E-state index is 14.4. The Morgan fingerprint density at radius 3 is 2.91 bits per heavy atom. The van der Waals surface area contributed by atoms with E-state index in [0.29, 0.717) is 54.0 Å². The zero-order chi connectivity index (χ0) is 22.7. The number of amides is 1. The Labute approximate surface area is 190 Å². The average Bonchev–Trinajstić information content (AvgIpc) is 2.78. The van der Waals surface area contributed by atoms with Crippen molar-refractivity contribution in [3.63, 3.8) is 0 Å². The molecule has 1 aliphatic rings. The van der Waals surface area contributed by atoms with Gasteiger partial charge in [-0.25, -0.2) is 9.37 Å². The van der Waals surface area contributed by atoms with Crippen LogP contribution in [-0.2, 0) is 4.79 Å². The minimum Gasteiger partial charge on any atom is -0.488 e. The third-order valence-corrected chi connectivity index (χ3v) is 5.26. The number of nitrogens with one attached hydrogen (secondary N) is 1. The van der Waals surface area contributed by atoms with Gasteiger partial charge in [-0.05, 0) is 44.4 Å². The van der Waals surface area contributed by atoms with Crippen LogP contribution < -0.4 is 15.0 Å². The zero-order valence-electron chi connectivity index (χ0n) is 17.8. The fraction of sp³-hybridized carbons (Fsp3) is 0.261. The number of hydrogen-bond acceptors (Lipinski definition) is 6. The first-order valence-corrected chi connectivity index (χ1v) is 10.5. The predicted molar refractivity (Wildman–Crippen MR) is 123 cm³/mol. The molecule has 4 rings (SSSR count). The summed E-state index contributed by atoms with van der Waals surface area (Å²) in [6, 6.07) is 9.81. The molecule has 7 nitrogen and oxygen atoms in total. The van der Waals surface area contributed by atoms with Gasteiger partial charge in [0.15, 0.2) is 5.75 Å². The number of nitrogens with zero attached hydrogens (tertiary/aromatic N) is 4. The van der Waals surface area contributed by atoms with Gasteiger partial charge in [0.05, 0.1) is 24.1 Å². The molecule has 3 heterocycles. The Morgan fingerprint density at radius 1 is 1.25 bits per heavy atom. The first-order valence-electron chi connectivity index (χ1n) is 10.2. The minimum absolute atomic E-state index is 0.103. The number of anilines is 3. The lowest BCUT2D eigenvalue weighted by atomic mass is 10.1. The molecule has 0 spiro atoms. The molecule has 1 amide bonds. The Hall–Kier alpha value is -3.23. The van der Waals surface area contributed by atoms with Crippen molar-refractivity contribution in [2.45, 2.75) is 6.42 Å². The van der Waals surface area contributed by atoms with Gasteiger partial charge in [-0.1, -0.05) is 11.6 Å². The van der Waals surface area contributed by atoms with E-state index in [1.165, 1.54) is 12.1 Å². The van der Waals surface area contributed by atoms with Gasteiger partial charge >= 0.3 is 0 Å². The van der Waals surface area contributed by atoms with Crippen LogP contribution in [0.4, 0.5) is 21.6 Å². The van der Waals surface area contributed by atoms with Gasteiger partial charge < -0.3 is 19.9 Å². The van der Waals surface area contributed by atoms with Crippen molar-refractivity contribution in [1.82, 2.24) is 14.9 Å². The fourth-order valence-electron chi connectivity index (χ4n) is 3.42. The summed E-state index contributed by atoms with van der Waals surface area (Å²) in [5, 5.41) is 3.27. The topological polar surface area (TPSA) is 70.6 Å². The molecule has 0 fully saturated rings. The van der Waals surface area contributed by atoms with Crippen LogP contribution in [0.3, 0.4) is 0 Å². The summed E-state index contributed by atoms with van der Waals surface area (Å²) >= 11 is 6.06. The molecule has 2 aromatic heterocycles. The van der Waals surface area contributed by atoms with Gasteiger partial charge in [-0.3, -0.25) is 9.78 Å². The van der Waals surface area contributed by atoms with Crippen molar-refractivity contribution in [3.8, 4) is 17.0 Å². The Balaban J connectivity index is 1.63. The second kappa shape index (κ2) is 9.50. The summed E-state index contributed by atoms with van der Waals surface area (Å²) in [5.41, 5.74) is 2.34. The molecular weight excluding hydrogens is 433 g/mol. The molecule has 166 valence electrons. The van der Waals surface area contributed by atoms with E-state index < -0.39 is 5.82 Å². The van der Waals surface area contributed by atoms with E-state index in [-0.39, 0.29) is 5.91 Å². The summed E-state index contributed by atoms with van der Waals surface area (Å²) < 4.78 is 20.2. The minimum atomic E-state index is -0.406. The van der Waals surface area contributed by atoms with E-state index in [2.05, 4.69) is 15.3 Å². The second-order valence-corrected chi connectivity index (χ2v) is 8.10. The van der Waals surface area contributed by atoms with Gasteiger partial charge in [0.25, 0.3) is 0 Å². The number of rotatable bonds is 6. The molecule has 0 radical (unpaired) electrons. The molecule has 9 heteroatoms. The van der Waals surface area contributed by atoms with Crippen molar-refractivity contribution in [2.75, 3.05) is 44.0 Å². The smallest absolute Gasteiger partial charge is 0.226 e. The van der Waals surface area contributed by atoms with Crippen molar-refractivity contribution in [3.05, 3.63) is 59.6 Å². The fourth-order valence-corrected chi connectivity index (χ4v) is 3.59. The largest absolute Gasteiger partial charge is 0.488 e. The normalized spacial score (nSPS) is 13.0. The summed E-state index contributed by atoms with van der Waals surface area (Å²) in [6.07, 6.45) is 3.60. The van der Waals surface area contributed by atoms with Crippen LogP contribution >= 0.6 is 11.6 Å². The first kappa shape index (κ1) is 22.0. The number of benzene rings is 1. The molecule has 32 heavy (non-hydrogen) atoms. The Kier molecular flexibility index (Phi) is 6.53. The van der Waals surface area contributed by atoms with E-state index >= 15 is 0 Å². The van der Waals surface area contributed by atoms with Crippen LogP contribution in [0, 0.1) is 5.82 Å². The summed E-state index contributed by atoms with van der Waals surface area (Å²) in [4.78, 5) is 24.8. The number of halogens is 2. The molecule has 1 aromatic carbocycles. The molecule has 3 aromatic rings. The maximum Gasteiger partial charge on any atom is 0.226 e. The molecule has 1 N–H and O–H groups in total. The van der Waals surface area contributed by atoms with Gasteiger partial charge in [-0.15, -0.1) is 0 Å². The first-order chi connectivity index (χ1) is 15.4. The van der Waals surface area contributed by atoms with E-state index in [0.717, 1.165) is 11.4 Å². The average molecular weight is 456 g/mol. The van der Waals surface area contributed by atoms with Crippen LogP contribution in [0.5, 0.6) is 5.75 Å². The Bertz CT molecular complexity index is 1140. The highest BCUT2D eigenvalue weighted by atomic mass is 35.5. The number of pyridine rings is 2. The molecule has 0 aliphatic carbocycles. The summed E-state index contributed by atoms with van der Waals surface area (Å²) in [7, 11) is 3.83. The van der Waals surface area contributed by atoms with E-state index in [1.54, 1.807) is 24.5 Å². The van der Waals surface area contributed by atoms with Crippen LogP contribution in [-0.4, -0.2) is 54.6 Å². The lowest BCUT2D eigenvalue weighted by Crippen LogP contribution is -2.29. The van der Waals surface area contributed by atoms with Gasteiger partial charge in [0.1, 0.15) is 18.2 Å². The van der Waals surface area contributed by atoms with Crippen LogP contribution in [0.15, 0.2) is 48.8 Å². The standard InChI is InChI=1S/C23H23ClFN5O2/c1-29(2)8-6-23(31)28-22-12-16(5-7-26-22)30-9-10-32-21-14-27-19(13-20(21)30)17-11-15(24)3-4-18(17)25/h3-5,7,11-14H,6,8-10H2,1-2H3,(H,26,28,31). The monoisotopic (exact) mass is 455 g/mol. The molecule has 0 atom stereocenters. The lowest BCUT2D eigenvalue weighted by Gasteiger charge is -2.31. The number of aromatic nitrogens is 2. The molecule has 1 aliphatic heterocycles. The van der Waals surface area contributed by atoms with Crippen molar-refractivity contribution < 1.29 is 13.9 Å². The van der Waals surface area contributed by atoms with Crippen LogP contribution in [0.2, 0.25) is 5.02 Å². The number of ether oxygens (including phenoxy) is 1. The van der Waals surface area contributed by atoms with Crippen LogP contribution in [0.25, 0.3) is 11.3 Å². The molecule has 0 saturated heterocycles. The number of carbonyl (C=O) groups is 1. The molecule has 0 bridgehead atoms. The van der Waals surface area contributed by atoms with E-state index in [1.807, 2.05) is 36.0 Å². The molecule has 0 saturated carbocycles. The molecule has 0 unspecified atom stereocenters. The number of fused-ring (bicyclic) bond motifs is 1. The van der Waals surface area contributed by atoms with Crippen molar-refractivity contribution in [2.24, 2.45) is 0 Å². The molecular formula is C23H23ClFN5O2. The highest BCUT2D eigenvalue weighted by molar-refractivity contribution is 6.30. The third kappa shape index (κ3) is 4.98. The maximum absolute atomic E-state index is 14.4. The number of carbonyl (C=O) groups excluding carboxylic acids is 1. The predicted octanol–water partition coefficient (Wildman–Crippen LogP) is 4.36. The summed E-state index contributed by atoms with van der Waals surface area (Å²) in [5.74, 6) is 0.552. The third-order valence-electron chi connectivity index (χ3n) is 5.02. The Morgan fingerprint density at radius 2 is 2.09 bits per heavy atom. The highest BCUT2D eigenvalue weighted by Gasteiger charge is 2.22. The number of hydrogen-bond donors (Lipinski definition) is 1. The van der Waals surface area contributed by atoms with Crippen molar-refractivity contribution in [1.29, 1.82) is 0 Å². The van der Waals surface area contributed by atoms with E-state index in [4.69, 9.17) is 16.3 Å². The lowest BCUT2D eigenvalue weighted by molar-refractivity contribution is -0.116. The highest BCUT2D eigenvalue weighted by Crippen LogP contribution is 2.39. The summed E-state index contributed by atoms with van der Waals surface area (Å²) in [6.45, 7) is 1.69. The van der Waals surface area contributed by atoms with Crippen molar-refractivity contribution >= 4 is 34.7 Å². The van der Waals surface area contributed by atoms with Gasteiger partial charge in [0, 0.05) is 41.5 Å². The second-order valence-electron chi connectivity index (χ2n) is 7.66.